The number of carbonyl (C=O) groups excluding carboxylic acids is 1. The third-order valence-electron chi connectivity index (χ3n) is 4.93. The van der Waals surface area contributed by atoms with Gasteiger partial charge in [0.05, 0.1) is 12.7 Å². The summed E-state index contributed by atoms with van der Waals surface area (Å²) in [6.45, 7) is 2.55. The lowest BCUT2D eigenvalue weighted by atomic mass is 9.78. The summed E-state index contributed by atoms with van der Waals surface area (Å²) in [6.07, 6.45) is 5.09. The number of ether oxygens (including phenoxy) is 2. The number of amides is 1. The fourth-order valence-electron chi connectivity index (χ4n) is 3.86. The minimum Gasteiger partial charge on any atom is -0.497 e. The quantitative estimate of drug-likeness (QED) is 0.905. The van der Waals surface area contributed by atoms with Crippen LogP contribution >= 0.6 is 0 Å². The van der Waals surface area contributed by atoms with E-state index in [1.54, 1.807) is 19.2 Å². The molecule has 1 aromatic rings. The van der Waals surface area contributed by atoms with Gasteiger partial charge >= 0.3 is 0 Å². The van der Waals surface area contributed by atoms with Crippen LogP contribution in [0.1, 0.15) is 36.0 Å². The van der Waals surface area contributed by atoms with Crippen molar-refractivity contribution in [2.45, 2.75) is 25.7 Å². The summed E-state index contributed by atoms with van der Waals surface area (Å²) in [6, 6.07) is 5.39. The van der Waals surface area contributed by atoms with Gasteiger partial charge in [0.25, 0.3) is 5.91 Å². The van der Waals surface area contributed by atoms with E-state index in [2.05, 4.69) is 0 Å². The summed E-state index contributed by atoms with van der Waals surface area (Å²) >= 11 is 0. The number of hydrogen-bond acceptors (Lipinski definition) is 4. The lowest BCUT2D eigenvalue weighted by Crippen LogP contribution is -2.45. The van der Waals surface area contributed by atoms with Crippen LogP contribution in [-0.2, 0) is 0 Å². The van der Waals surface area contributed by atoms with Gasteiger partial charge in [-0.3, -0.25) is 4.79 Å². The highest BCUT2D eigenvalue weighted by Crippen LogP contribution is 2.36. The molecule has 126 valence electrons. The molecule has 1 aromatic carbocycles. The standard InChI is InChI=1S/C18H26N2O3/c1-22-15-5-6-16(17(10-15)23-8-7-19)18(21)20-11-13-3-2-4-14(9-13)12-20/h5-6,10,13-14H,2-4,7-9,11-12,19H2,1H3/t13-,14+. The molecular formula is C18H26N2O3. The van der Waals surface area contributed by atoms with Gasteiger partial charge in [0.15, 0.2) is 0 Å². The van der Waals surface area contributed by atoms with Crippen LogP contribution in [0.5, 0.6) is 11.5 Å². The molecule has 1 amide bonds. The van der Waals surface area contributed by atoms with Crippen molar-refractivity contribution >= 4 is 5.91 Å². The van der Waals surface area contributed by atoms with E-state index in [9.17, 15) is 4.79 Å². The van der Waals surface area contributed by atoms with E-state index in [4.69, 9.17) is 15.2 Å². The Labute approximate surface area is 137 Å². The van der Waals surface area contributed by atoms with Crippen molar-refractivity contribution in [2.24, 2.45) is 17.6 Å². The molecule has 2 fully saturated rings. The minimum absolute atomic E-state index is 0.0660. The molecule has 2 bridgehead atoms. The maximum atomic E-state index is 13.0. The van der Waals surface area contributed by atoms with Crippen LogP contribution in [0, 0.1) is 11.8 Å². The van der Waals surface area contributed by atoms with Crippen molar-refractivity contribution in [3.63, 3.8) is 0 Å². The number of methoxy groups -OCH3 is 1. The van der Waals surface area contributed by atoms with Gasteiger partial charge < -0.3 is 20.1 Å². The molecule has 2 N–H and O–H groups in total. The summed E-state index contributed by atoms with van der Waals surface area (Å²) in [5, 5.41) is 0. The second-order valence-corrected chi connectivity index (χ2v) is 6.61. The maximum Gasteiger partial charge on any atom is 0.257 e. The van der Waals surface area contributed by atoms with Crippen LogP contribution in [0.15, 0.2) is 18.2 Å². The minimum atomic E-state index is 0.0660. The van der Waals surface area contributed by atoms with Gasteiger partial charge in [-0.15, -0.1) is 0 Å². The van der Waals surface area contributed by atoms with Crippen LogP contribution in [0.25, 0.3) is 0 Å². The topological polar surface area (TPSA) is 64.8 Å². The maximum absolute atomic E-state index is 13.0. The predicted molar refractivity (Wildman–Crippen MR) is 88.9 cm³/mol. The number of piperidine rings is 1. The van der Waals surface area contributed by atoms with Gasteiger partial charge in [0.2, 0.25) is 0 Å². The normalized spacial score (nSPS) is 23.5. The molecule has 5 heteroatoms. The van der Waals surface area contributed by atoms with Crippen LogP contribution in [0.3, 0.4) is 0 Å². The second-order valence-electron chi connectivity index (χ2n) is 6.61. The first-order chi connectivity index (χ1) is 11.2. The third kappa shape index (κ3) is 3.61. The smallest absolute Gasteiger partial charge is 0.257 e. The molecule has 0 aromatic heterocycles. The Kier molecular flexibility index (Phi) is 5.06. The Morgan fingerprint density at radius 2 is 2.04 bits per heavy atom. The van der Waals surface area contributed by atoms with Crippen molar-refractivity contribution in [1.82, 2.24) is 4.90 Å². The average Bonchev–Trinajstić information content (AvgIpc) is 2.58. The van der Waals surface area contributed by atoms with Gasteiger partial charge in [-0.25, -0.2) is 0 Å². The molecule has 2 atom stereocenters. The largest absolute Gasteiger partial charge is 0.497 e. The van der Waals surface area contributed by atoms with E-state index in [-0.39, 0.29) is 5.91 Å². The number of hydrogen-bond donors (Lipinski definition) is 1. The summed E-state index contributed by atoms with van der Waals surface area (Å²) in [5.41, 5.74) is 6.14. The molecule has 1 saturated heterocycles. The highest BCUT2D eigenvalue weighted by atomic mass is 16.5. The van der Waals surface area contributed by atoms with E-state index in [1.165, 1.54) is 25.7 Å². The van der Waals surface area contributed by atoms with Crippen molar-refractivity contribution in [3.05, 3.63) is 23.8 Å². The number of rotatable bonds is 5. The van der Waals surface area contributed by atoms with E-state index in [1.807, 2.05) is 11.0 Å². The Balaban J connectivity index is 1.80. The number of carbonyl (C=O) groups is 1. The first kappa shape index (κ1) is 16.1. The lowest BCUT2D eigenvalue weighted by molar-refractivity contribution is 0.0500. The van der Waals surface area contributed by atoms with Crippen molar-refractivity contribution in [1.29, 1.82) is 0 Å². The number of fused-ring (bicyclic) bond motifs is 2. The summed E-state index contributed by atoms with van der Waals surface area (Å²) in [5.74, 6) is 2.65. The SMILES string of the molecule is COc1ccc(C(=O)N2C[C@@H]3CCC[C@@H](C3)C2)c(OCCN)c1. The van der Waals surface area contributed by atoms with E-state index in [0.717, 1.165) is 13.1 Å². The first-order valence-electron chi connectivity index (χ1n) is 8.51. The lowest BCUT2D eigenvalue weighted by Gasteiger charge is -2.41. The molecule has 2 aliphatic rings. The highest BCUT2D eigenvalue weighted by molar-refractivity contribution is 5.97. The van der Waals surface area contributed by atoms with E-state index in [0.29, 0.717) is 42.0 Å². The molecule has 1 aliphatic carbocycles. The molecule has 0 unspecified atom stereocenters. The summed E-state index contributed by atoms with van der Waals surface area (Å²) < 4.78 is 10.9. The van der Waals surface area contributed by atoms with Gasteiger partial charge in [-0.1, -0.05) is 6.42 Å². The molecule has 3 rings (SSSR count). The number of likely N-dealkylation sites (tertiary alicyclic amines) is 1. The second kappa shape index (κ2) is 7.21. The number of nitrogens with zero attached hydrogens (tertiary/aromatic N) is 1. The van der Waals surface area contributed by atoms with Gasteiger partial charge in [0.1, 0.15) is 18.1 Å². The highest BCUT2D eigenvalue weighted by Gasteiger charge is 2.33. The number of benzene rings is 1. The van der Waals surface area contributed by atoms with E-state index >= 15 is 0 Å². The zero-order valence-electron chi connectivity index (χ0n) is 13.8. The predicted octanol–water partition coefficient (Wildman–Crippen LogP) is 2.29. The van der Waals surface area contributed by atoms with E-state index < -0.39 is 0 Å². The van der Waals surface area contributed by atoms with Crippen molar-refractivity contribution in [2.75, 3.05) is 33.4 Å². The van der Waals surface area contributed by atoms with Crippen LogP contribution < -0.4 is 15.2 Å². The zero-order chi connectivity index (χ0) is 16.2. The van der Waals surface area contributed by atoms with Crippen LogP contribution in [0.4, 0.5) is 0 Å². The first-order valence-corrected chi connectivity index (χ1v) is 8.51. The van der Waals surface area contributed by atoms with Gasteiger partial charge in [-0.05, 0) is 43.2 Å². The molecule has 5 nitrogen and oxygen atoms in total. The molecule has 0 spiro atoms. The summed E-state index contributed by atoms with van der Waals surface area (Å²) in [7, 11) is 1.61. The van der Waals surface area contributed by atoms with Gasteiger partial charge in [0, 0.05) is 25.7 Å². The number of nitrogens with two attached hydrogens (primary N) is 1. The Morgan fingerprint density at radius 3 is 2.70 bits per heavy atom. The zero-order valence-corrected chi connectivity index (χ0v) is 13.8. The average molecular weight is 318 g/mol. The third-order valence-corrected chi connectivity index (χ3v) is 4.93. The fourth-order valence-corrected chi connectivity index (χ4v) is 3.86. The molecule has 1 saturated carbocycles. The molecule has 1 aliphatic heterocycles. The fraction of sp³-hybridized carbons (Fsp3) is 0.611. The molecular weight excluding hydrogens is 292 g/mol. The molecule has 1 heterocycles. The van der Waals surface area contributed by atoms with Crippen molar-refractivity contribution < 1.29 is 14.3 Å². The van der Waals surface area contributed by atoms with Crippen LogP contribution in [0.2, 0.25) is 0 Å². The van der Waals surface area contributed by atoms with Crippen molar-refractivity contribution in [3.8, 4) is 11.5 Å². The molecule has 23 heavy (non-hydrogen) atoms. The Morgan fingerprint density at radius 1 is 1.30 bits per heavy atom. The monoisotopic (exact) mass is 318 g/mol. The van der Waals surface area contributed by atoms with Gasteiger partial charge in [-0.2, -0.15) is 0 Å². The summed E-state index contributed by atoms with van der Waals surface area (Å²) in [4.78, 5) is 15.0. The Hall–Kier alpha value is -1.75. The Bertz CT molecular complexity index is 549. The van der Waals surface area contributed by atoms with Crippen LogP contribution in [-0.4, -0.2) is 44.2 Å². The molecule has 0 radical (unpaired) electrons.